The predicted molar refractivity (Wildman–Crippen MR) is 112 cm³/mol. The largest absolute Gasteiger partial charge is 0.488 e. The van der Waals surface area contributed by atoms with Crippen molar-refractivity contribution < 1.29 is 56.1 Å². The fourth-order valence-corrected chi connectivity index (χ4v) is 7.00. The minimum atomic E-state index is -5.54. The van der Waals surface area contributed by atoms with Gasteiger partial charge in [-0.05, 0) is 18.7 Å². The standard InChI is InChI=1S/C12H19FN5O11P3S/c1-5-7-9(17-11(14)16-5)18(4-15-7)10-12(2,13)8(19)6(27-10)3-26-32(25,33)29-31(23,24)28-30(20,21)22/h4,6,8,10,19H,1,3H2,2H3,(H,23,24)(H,25,33)(H3,14,16,17)(H2,20,21,22)/t6-,8-,10-,12-,32-/m1/s1. The third-order valence-electron chi connectivity index (χ3n) is 4.35. The number of halogens is 1. The van der Waals surface area contributed by atoms with Crippen LogP contribution in [0.4, 0.5) is 10.2 Å². The van der Waals surface area contributed by atoms with Crippen LogP contribution in [0, 0.1) is 0 Å². The number of aliphatic imine (C=N–C) groups is 1. The Kier molecular flexibility index (Phi) is 7.10. The Balaban J connectivity index is 1.75. The summed E-state index contributed by atoms with van der Waals surface area (Å²) < 4.78 is 56.7. The molecule has 21 heteroatoms. The van der Waals surface area contributed by atoms with E-state index in [-0.39, 0.29) is 17.5 Å². The first kappa shape index (κ1) is 26.5. The highest BCUT2D eigenvalue weighted by molar-refractivity contribution is 8.08. The maximum atomic E-state index is 15.4. The highest BCUT2D eigenvalue weighted by Gasteiger charge is 2.56. The van der Waals surface area contributed by atoms with Crippen LogP contribution in [0.15, 0.2) is 17.9 Å². The molecule has 2 aliphatic heterocycles. The number of nitrogens with two attached hydrogens (primary N) is 1. The van der Waals surface area contributed by atoms with Crippen LogP contribution in [-0.2, 0) is 38.8 Å². The fraction of sp³-hybridized carbons (Fsp3) is 0.500. The molecule has 6 atom stereocenters. The van der Waals surface area contributed by atoms with E-state index in [1.807, 2.05) is 0 Å². The normalized spacial score (nSPS) is 31.3. The Hall–Kier alpha value is -1.10. The molecule has 8 N–H and O–H groups in total. The van der Waals surface area contributed by atoms with Crippen LogP contribution in [0.1, 0.15) is 18.8 Å². The lowest BCUT2D eigenvalue weighted by Crippen LogP contribution is -2.40. The van der Waals surface area contributed by atoms with Gasteiger partial charge in [-0.2, -0.15) is 9.30 Å². The van der Waals surface area contributed by atoms with Gasteiger partial charge in [-0.1, -0.05) is 6.58 Å². The van der Waals surface area contributed by atoms with Crippen LogP contribution in [0.5, 0.6) is 0 Å². The van der Waals surface area contributed by atoms with E-state index in [1.165, 1.54) is 6.33 Å². The van der Waals surface area contributed by atoms with Gasteiger partial charge in [0.25, 0.3) is 0 Å². The molecule has 16 nitrogen and oxygen atoms in total. The lowest BCUT2D eigenvalue weighted by Gasteiger charge is -2.26. The summed E-state index contributed by atoms with van der Waals surface area (Å²) in [6.45, 7) is -0.796. The zero-order valence-electron chi connectivity index (χ0n) is 16.5. The van der Waals surface area contributed by atoms with E-state index >= 15 is 4.39 Å². The van der Waals surface area contributed by atoms with Crippen molar-refractivity contribution in [2.24, 2.45) is 10.7 Å². The number of nitrogens with zero attached hydrogens (tertiary/aromatic N) is 3. The van der Waals surface area contributed by atoms with Crippen molar-refractivity contribution in [2.45, 2.75) is 31.0 Å². The van der Waals surface area contributed by atoms with Gasteiger partial charge in [-0.25, -0.2) is 22.8 Å². The highest BCUT2D eigenvalue weighted by Crippen LogP contribution is 2.66. The molecule has 3 heterocycles. The molecule has 0 aromatic carbocycles. The van der Waals surface area contributed by atoms with Crippen molar-refractivity contribution in [3.05, 3.63) is 18.6 Å². The summed E-state index contributed by atoms with van der Waals surface area (Å²) in [6.07, 6.45) is -3.69. The number of aliphatic hydroxyl groups is 1. The lowest BCUT2D eigenvalue weighted by molar-refractivity contribution is -0.0558. The second kappa shape index (κ2) is 8.84. The number of hydrogen-bond acceptors (Lipinski definition) is 12. The van der Waals surface area contributed by atoms with Crippen LogP contribution >= 0.6 is 22.4 Å². The van der Waals surface area contributed by atoms with Gasteiger partial charge in [0.2, 0.25) is 0 Å². The summed E-state index contributed by atoms with van der Waals surface area (Å²) in [6, 6.07) is 0. The number of nitrogens with one attached hydrogen (secondary N) is 1. The van der Waals surface area contributed by atoms with Gasteiger partial charge >= 0.3 is 22.4 Å². The monoisotopic (exact) mass is 553 g/mol. The number of hydrogen-bond donors (Lipinski definition) is 7. The number of aliphatic hydroxyl groups excluding tert-OH is 1. The summed E-state index contributed by atoms with van der Waals surface area (Å²) in [5.41, 5.74) is 3.73. The van der Waals surface area contributed by atoms with E-state index in [9.17, 15) is 24.0 Å². The van der Waals surface area contributed by atoms with Gasteiger partial charge in [-0.3, -0.25) is 4.57 Å². The third kappa shape index (κ3) is 5.94. The van der Waals surface area contributed by atoms with Crippen molar-refractivity contribution in [3.63, 3.8) is 0 Å². The lowest BCUT2D eigenvalue weighted by atomic mass is 9.98. The number of guanidine groups is 1. The van der Waals surface area contributed by atoms with E-state index in [0.29, 0.717) is 5.70 Å². The van der Waals surface area contributed by atoms with E-state index in [1.54, 1.807) is 0 Å². The molecule has 0 saturated carbocycles. The summed E-state index contributed by atoms with van der Waals surface area (Å²) in [4.78, 5) is 44.5. The van der Waals surface area contributed by atoms with E-state index < -0.39 is 53.1 Å². The topological polar surface area (TPSA) is 240 Å². The van der Waals surface area contributed by atoms with Gasteiger partial charge in [0, 0.05) is 0 Å². The molecule has 0 bridgehead atoms. The molecule has 0 amide bonds. The molecule has 3 rings (SSSR count). The second-order valence-corrected chi connectivity index (χ2v) is 12.7. The molecule has 33 heavy (non-hydrogen) atoms. The first-order valence-electron chi connectivity index (χ1n) is 8.60. The first-order chi connectivity index (χ1) is 14.9. The Morgan fingerprint density at radius 1 is 1.39 bits per heavy atom. The SMILES string of the molecule is C=C1NC(N)=Nc2c1ncn2[C@@H]1O[C@H](CO[P@@](O)(=S)OP(=O)(O)OP(=O)(O)O)[C@@H](O)[C@@]1(C)F. The third-order valence-corrected chi connectivity index (χ3v) is 9.07. The maximum Gasteiger partial charge on any atom is 0.488 e. The summed E-state index contributed by atoms with van der Waals surface area (Å²) >= 11 is 4.49. The molecule has 1 aromatic rings. The molecule has 0 radical (unpaired) electrons. The molecule has 2 aliphatic rings. The van der Waals surface area contributed by atoms with Gasteiger partial charge in [0.15, 0.2) is 23.7 Å². The zero-order valence-corrected chi connectivity index (χ0v) is 20.0. The van der Waals surface area contributed by atoms with E-state index in [4.69, 9.17) is 24.8 Å². The van der Waals surface area contributed by atoms with Crippen molar-refractivity contribution in [3.8, 4) is 0 Å². The number of rotatable bonds is 8. The van der Waals surface area contributed by atoms with Gasteiger partial charge in [0.05, 0.1) is 18.6 Å². The van der Waals surface area contributed by atoms with Gasteiger partial charge in [0.1, 0.15) is 17.9 Å². The quantitative estimate of drug-likeness (QED) is 0.207. The molecule has 1 saturated heterocycles. The number of ether oxygens (including phenoxy) is 1. The number of imidazole rings is 1. The smallest absolute Gasteiger partial charge is 0.387 e. The number of phosphoric acid groups is 2. The molecule has 1 aromatic heterocycles. The molecule has 1 unspecified atom stereocenters. The Morgan fingerprint density at radius 2 is 2.03 bits per heavy atom. The van der Waals surface area contributed by atoms with Crippen LogP contribution in [0.3, 0.4) is 0 Å². The summed E-state index contributed by atoms with van der Waals surface area (Å²) in [7, 11) is -11.0. The van der Waals surface area contributed by atoms with Crippen LogP contribution in [0.2, 0.25) is 0 Å². The van der Waals surface area contributed by atoms with Crippen LogP contribution < -0.4 is 11.1 Å². The minimum absolute atomic E-state index is 0.0442. The van der Waals surface area contributed by atoms with Crippen molar-refractivity contribution >= 4 is 51.6 Å². The van der Waals surface area contributed by atoms with Gasteiger partial charge < -0.3 is 45.0 Å². The number of alkyl halides is 1. The molecular formula is C12H19FN5O11P3S. The van der Waals surface area contributed by atoms with Crippen LogP contribution in [-0.4, -0.2) is 64.7 Å². The first-order valence-corrected chi connectivity index (χ1v) is 14.2. The number of aromatic nitrogens is 2. The van der Waals surface area contributed by atoms with E-state index in [0.717, 1.165) is 11.5 Å². The number of fused-ring (bicyclic) bond motifs is 1. The zero-order chi connectivity index (χ0) is 25.0. The average Bonchev–Trinajstić information content (AvgIpc) is 3.10. The van der Waals surface area contributed by atoms with Crippen LogP contribution in [0.25, 0.3) is 5.70 Å². The van der Waals surface area contributed by atoms with Crippen molar-refractivity contribution in [2.75, 3.05) is 6.61 Å². The Labute approximate surface area is 190 Å². The van der Waals surface area contributed by atoms with Gasteiger partial charge in [-0.15, -0.1) is 0 Å². The molecule has 0 spiro atoms. The predicted octanol–water partition coefficient (Wildman–Crippen LogP) is -0.151. The van der Waals surface area contributed by atoms with E-state index in [2.05, 4.69) is 42.3 Å². The molecule has 186 valence electrons. The maximum absolute atomic E-state index is 15.4. The van der Waals surface area contributed by atoms with Crippen molar-refractivity contribution in [1.29, 1.82) is 0 Å². The molecule has 0 aliphatic carbocycles. The highest BCUT2D eigenvalue weighted by atomic mass is 32.5. The average molecular weight is 553 g/mol. The molecular weight excluding hydrogens is 534 g/mol. The summed E-state index contributed by atoms with van der Waals surface area (Å²) in [5, 5.41) is 13.0. The molecule has 1 fully saturated rings. The fourth-order valence-electron chi connectivity index (χ4n) is 3.03. The minimum Gasteiger partial charge on any atom is -0.387 e. The Morgan fingerprint density at radius 3 is 2.64 bits per heavy atom. The second-order valence-electron chi connectivity index (χ2n) is 6.93. The summed E-state index contributed by atoms with van der Waals surface area (Å²) in [5.74, 6) is 0.0441. The van der Waals surface area contributed by atoms with Crippen molar-refractivity contribution in [1.82, 2.24) is 14.9 Å². The Bertz CT molecular complexity index is 1140.